The minimum atomic E-state index is -0.437. The largest absolute Gasteiger partial charge is 0.382 e. The number of amidine groups is 1. The molecule has 1 saturated carbocycles. The van der Waals surface area contributed by atoms with Crippen molar-refractivity contribution in [3.8, 4) is 0 Å². The molecule has 1 aromatic rings. The van der Waals surface area contributed by atoms with Gasteiger partial charge in [0.25, 0.3) is 5.69 Å². The Morgan fingerprint density at radius 3 is 2.78 bits per heavy atom. The molecule has 0 bridgehead atoms. The summed E-state index contributed by atoms with van der Waals surface area (Å²) in [7, 11) is 0. The summed E-state index contributed by atoms with van der Waals surface area (Å²) in [5.74, 6) is 5.86. The van der Waals surface area contributed by atoms with E-state index in [0.29, 0.717) is 11.1 Å². The number of nitrogens with zero attached hydrogens (tertiary/aromatic N) is 3. The van der Waals surface area contributed by atoms with Gasteiger partial charge >= 0.3 is 0 Å². The van der Waals surface area contributed by atoms with E-state index in [9.17, 15) is 10.1 Å². The van der Waals surface area contributed by atoms with Crippen molar-refractivity contribution in [2.75, 3.05) is 0 Å². The minimum absolute atomic E-state index is 0.0284. The lowest BCUT2D eigenvalue weighted by atomic mass is 10.1. The molecule has 0 aromatic heterocycles. The van der Waals surface area contributed by atoms with Crippen LogP contribution in [0, 0.1) is 17.0 Å². The van der Waals surface area contributed by atoms with Gasteiger partial charge in [-0.15, -0.1) is 5.10 Å². The van der Waals surface area contributed by atoms with Crippen molar-refractivity contribution in [3.63, 3.8) is 0 Å². The Bertz CT molecular complexity index is 510. The Hall–Kier alpha value is -2.15. The second-order valence-corrected chi connectivity index (χ2v) is 4.35. The molecule has 1 aliphatic carbocycles. The summed E-state index contributed by atoms with van der Waals surface area (Å²) in [5, 5.41) is 16.2. The van der Waals surface area contributed by atoms with Crippen molar-refractivity contribution < 1.29 is 4.92 Å². The molecule has 0 unspecified atom stereocenters. The summed E-state index contributed by atoms with van der Waals surface area (Å²) in [5.41, 5.74) is 6.90. The molecule has 18 heavy (non-hydrogen) atoms. The van der Waals surface area contributed by atoms with Gasteiger partial charge in [0.2, 0.25) is 0 Å². The van der Waals surface area contributed by atoms with E-state index in [1.165, 1.54) is 11.2 Å². The van der Waals surface area contributed by atoms with E-state index < -0.39 is 4.92 Å². The molecular formula is C11H15N5O2. The third-order valence-corrected chi connectivity index (χ3v) is 2.85. The van der Waals surface area contributed by atoms with E-state index in [1.54, 1.807) is 19.1 Å². The van der Waals surface area contributed by atoms with E-state index in [0.717, 1.165) is 12.8 Å². The molecule has 0 spiro atoms. The summed E-state index contributed by atoms with van der Waals surface area (Å²) in [6.07, 6.45) is 2.00. The first-order chi connectivity index (χ1) is 8.49. The van der Waals surface area contributed by atoms with Crippen molar-refractivity contribution in [1.82, 2.24) is 5.12 Å². The molecule has 0 heterocycles. The molecule has 7 heteroatoms. The fourth-order valence-corrected chi connectivity index (χ4v) is 1.57. The van der Waals surface area contributed by atoms with Crippen LogP contribution >= 0.6 is 0 Å². The number of hydrogen-bond acceptors (Lipinski definition) is 5. The highest BCUT2D eigenvalue weighted by Gasteiger charge is 2.26. The lowest BCUT2D eigenvalue weighted by molar-refractivity contribution is -0.385. The minimum Gasteiger partial charge on any atom is -0.382 e. The number of aryl methyl sites for hydroxylation is 1. The molecule has 96 valence electrons. The number of nitro benzene ring substituents is 1. The number of nitro groups is 1. The molecule has 0 saturated heterocycles. The van der Waals surface area contributed by atoms with Gasteiger partial charge in [-0.05, 0) is 19.8 Å². The summed E-state index contributed by atoms with van der Waals surface area (Å²) in [4.78, 5) is 10.4. The van der Waals surface area contributed by atoms with Crippen LogP contribution in [0.15, 0.2) is 23.3 Å². The fraction of sp³-hybridized carbons (Fsp3) is 0.364. The van der Waals surface area contributed by atoms with Crippen molar-refractivity contribution in [1.29, 1.82) is 0 Å². The number of nitrogens with two attached hydrogens (primary N) is 2. The van der Waals surface area contributed by atoms with Gasteiger partial charge < -0.3 is 5.73 Å². The monoisotopic (exact) mass is 249 g/mol. The van der Waals surface area contributed by atoms with Gasteiger partial charge in [0, 0.05) is 17.2 Å². The highest BCUT2D eigenvalue weighted by molar-refractivity contribution is 5.97. The molecule has 1 aromatic carbocycles. The summed E-state index contributed by atoms with van der Waals surface area (Å²) >= 11 is 0. The highest BCUT2D eigenvalue weighted by atomic mass is 16.6. The number of benzene rings is 1. The van der Waals surface area contributed by atoms with Crippen LogP contribution in [0.1, 0.15) is 24.0 Å². The molecule has 0 aliphatic heterocycles. The normalized spacial score (nSPS) is 15.6. The zero-order chi connectivity index (χ0) is 13.3. The molecule has 1 fully saturated rings. The smallest absolute Gasteiger partial charge is 0.273 e. The van der Waals surface area contributed by atoms with Gasteiger partial charge in [-0.25, -0.2) is 11.0 Å². The average molecular weight is 249 g/mol. The number of rotatable bonds is 4. The first-order valence-electron chi connectivity index (χ1n) is 5.62. The van der Waals surface area contributed by atoms with Crippen molar-refractivity contribution in [2.45, 2.75) is 25.8 Å². The number of hydrazone groups is 1. The van der Waals surface area contributed by atoms with E-state index in [2.05, 4.69) is 5.10 Å². The zero-order valence-corrected chi connectivity index (χ0v) is 10.0. The molecule has 0 radical (unpaired) electrons. The van der Waals surface area contributed by atoms with Gasteiger partial charge in [-0.2, -0.15) is 0 Å². The van der Waals surface area contributed by atoms with Crippen LogP contribution in [0.5, 0.6) is 0 Å². The quantitative estimate of drug-likeness (QED) is 0.270. The summed E-state index contributed by atoms with van der Waals surface area (Å²) in [6, 6.07) is 4.99. The Morgan fingerprint density at radius 1 is 1.56 bits per heavy atom. The van der Waals surface area contributed by atoms with E-state index >= 15 is 0 Å². The Labute approximate surface area is 104 Å². The molecule has 2 rings (SSSR count). The average Bonchev–Trinajstić information content (AvgIpc) is 3.12. The standard InChI is InChI=1S/C11H15N5O2/c1-7-2-3-8(6-10(7)16(17)18)11(12)14-15(13)9-4-5-9/h2-3,6,9H,4-5,13H2,1H3,(H2,12,14). The predicted octanol–water partition coefficient (Wildman–Crippen LogP) is 0.862. The third-order valence-electron chi connectivity index (χ3n) is 2.85. The second-order valence-electron chi connectivity index (χ2n) is 4.35. The number of hydrazine groups is 1. The summed E-state index contributed by atoms with van der Waals surface area (Å²) < 4.78 is 0. The van der Waals surface area contributed by atoms with E-state index in [1.807, 2.05) is 0 Å². The van der Waals surface area contributed by atoms with Crippen LogP contribution in [-0.2, 0) is 0 Å². The third kappa shape index (κ3) is 2.57. The second kappa shape index (κ2) is 4.61. The zero-order valence-electron chi connectivity index (χ0n) is 10.0. The SMILES string of the molecule is Cc1ccc(/C(N)=N/N(N)C2CC2)cc1[N+](=O)[O-]. The maximum atomic E-state index is 10.8. The van der Waals surface area contributed by atoms with Crippen molar-refractivity contribution in [2.24, 2.45) is 16.7 Å². The van der Waals surface area contributed by atoms with Crippen LogP contribution in [0.3, 0.4) is 0 Å². The Morgan fingerprint density at radius 2 is 2.22 bits per heavy atom. The van der Waals surface area contributed by atoms with E-state index in [4.69, 9.17) is 11.6 Å². The Balaban J connectivity index is 2.27. The van der Waals surface area contributed by atoms with Crippen molar-refractivity contribution >= 4 is 11.5 Å². The topological polar surface area (TPSA) is 111 Å². The number of hydrogen-bond donors (Lipinski definition) is 2. The van der Waals surface area contributed by atoms with Gasteiger partial charge in [-0.3, -0.25) is 10.1 Å². The predicted molar refractivity (Wildman–Crippen MR) is 67.6 cm³/mol. The fourth-order valence-electron chi connectivity index (χ4n) is 1.57. The van der Waals surface area contributed by atoms with Gasteiger partial charge in [0.05, 0.1) is 11.0 Å². The lowest BCUT2D eigenvalue weighted by Gasteiger charge is -2.12. The van der Waals surface area contributed by atoms with Crippen LogP contribution in [0.2, 0.25) is 0 Å². The Kier molecular flexibility index (Phi) is 3.15. The van der Waals surface area contributed by atoms with Crippen LogP contribution in [0.25, 0.3) is 0 Å². The van der Waals surface area contributed by atoms with Crippen LogP contribution in [-0.4, -0.2) is 21.9 Å². The molecule has 1 aliphatic rings. The van der Waals surface area contributed by atoms with Gasteiger partial charge in [0.15, 0.2) is 5.84 Å². The molecule has 0 amide bonds. The molecule has 4 N–H and O–H groups in total. The highest BCUT2D eigenvalue weighted by Crippen LogP contribution is 2.24. The molecular weight excluding hydrogens is 234 g/mol. The lowest BCUT2D eigenvalue weighted by Crippen LogP contribution is -2.31. The summed E-state index contributed by atoms with van der Waals surface area (Å²) in [6.45, 7) is 1.68. The first-order valence-corrected chi connectivity index (χ1v) is 5.62. The van der Waals surface area contributed by atoms with Crippen LogP contribution in [0.4, 0.5) is 5.69 Å². The van der Waals surface area contributed by atoms with Gasteiger partial charge in [0.1, 0.15) is 0 Å². The van der Waals surface area contributed by atoms with E-state index in [-0.39, 0.29) is 17.6 Å². The molecule has 0 atom stereocenters. The first kappa shape index (κ1) is 12.3. The van der Waals surface area contributed by atoms with Gasteiger partial charge in [-0.1, -0.05) is 12.1 Å². The maximum absolute atomic E-state index is 10.8. The maximum Gasteiger partial charge on any atom is 0.273 e. The molecule has 7 nitrogen and oxygen atoms in total. The van der Waals surface area contributed by atoms with Crippen LogP contribution < -0.4 is 11.6 Å². The van der Waals surface area contributed by atoms with Crippen molar-refractivity contribution in [3.05, 3.63) is 39.4 Å².